The van der Waals surface area contributed by atoms with E-state index in [1.165, 1.54) is 49.7 Å². The molecule has 3 aromatic rings. The van der Waals surface area contributed by atoms with Gasteiger partial charge in [-0.05, 0) is 56.3 Å². The number of nitrogens with zero attached hydrogens (tertiary/aromatic N) is 3. The third-order valence-electron chi connectivity index (χ3n) is 4.76. The summed E-state index contributed by atoms with van der Waals surface area (Å²) in [5, 5.41) is 6.59. The van der Waals surface area contributed by atoms with Gasteiger partial charge in [-0.3, -0.25) is 4.79 Å². The molecule has 1 aromatic heterocycles. The maximum absolute atomic E-state index is 13.3. The minimum Gasteiger partial charge on any atom is -0.493 e. The van der Waals surface area contributed by atoms with Crippen molar-refractivity contribution in [1.82, 2.24) is 14.4 Å². The van der Waals surface area contributed by atoms with E-state index in [1.54, 1.807) is 32.0 Å². The highest BCUT2D eigenvalue weighted by Crippen LogP contribution is 2.31. The van der Waals surface area contributed by atoms with Crippen molar-refractivity contribution < 1.29 is 27.2 Å². The van der Waals surface area contributed by atoms with Gasteiger partial charge >= 0.3 is 0 Å². The molecule has 0 bridgehead atoms. The Balaban J connectivity index is 1.85. The first-order valence-corrected chi connectivity index (χ1v) is 11.5. The molecule has 0 radical (unpaired) electrons. The summed E-state index contributed by atoms with van der Waals surface area (Å²) in [5.74, 6) is 1.27. The van der Waals surface area contributed by atoms with E-state index in [-0.39, 0.29) is 29.3 Å². The van der Waals surface area contributed by atoms with Crippen LogP contribution in [-0.4, -0.2) is 49.0 Å². The molecule has 1 N–H and O–H groups in total. The third kappa shape index (κ3) is 5.49. The molecule has 0 spiro atoms. The highest BCUT2D eigenvalue weighted by Gasteiger charge is 2.29. The molecule has 1 amide bonds. The van der Waals surface area contributed by atoms with Gasteiger partial charge in [-0.25, -0.2) is 8.42 Å². The van der Waals surface area contributed by atoms with E-state index in [0.29, 0.717) is 28.6 Å². The molecule has 0 atom stereocenters. The number of carbonyl (C=O) groups excluding carboxylic acids is 1. The summed E-state index contributed by atoms with van der Waals surface area (Å²) in [6.45, 7) is 4.79. The molecule has 0 aliphatic rings. The molecule has 10 nitrogen and oxygen atoms in total. The molecule has 0 aliphatic heterocycles. The largest absolute Gasteiger partial charge is 0.493 e. The van der Waals surface area contributed by atoms with E-state index in [0.717, 1.165) is 0 Å². The van der Waals surface area contributed by atoms with Crippen LogP contribution in [-0.2, 0) is 21.4 Å². The van der Waals surface area contributed by atoms with Crippen molar-refractivity contribution in [3.63, 3.8) is 0 Å². The quantitative estimate of drug-likeness (QED) is 0.501. The molecule has 1 heterocycles. The van der Waals surface area contributed by atoms with Gasteiger partial charge in [0.25, 0.3) is 0 Å². The predicted molar refractivity (Wildman–Crippen MR) is 121 cm³/mol. The number of rotatable bonds is 9. The Morgan fingerprint density at radius 1 is 1.09 bits per heavy atom. The highest BCUT2D eigenvalue weighted by atomic mass is 32.2. The Labute approximate surface area is 192 Å². The Bertz CT molecular complexity index is 1220. The zero-order chi connectivity index (χ0) is 24.2. The minimum atomic E-state index is -3.86. The van der Waals surface area contributed by atoms with Gasteiger partial charge in [0.2, 0.25) is 27.6 Å². The van der Waals surface area contributed by atoms with Crippen LogP contribution in [0, 0.1) is 0 Å². The summed E-state index contributed by atoms with van der Waals surface area (Å²) >= 11 is 0. The average Bonchev–Trinajstić information content (AvgIpc) is 3.25. The molecule has 11 heteroatoms. The van der Waals surface area contributed by atoms with Gasteiger partial charge in [-0.15, -0.1) is 0 Å². The van der Waals surface area contributed by atoms with E-state index in [4.69, 9.17) is 14.0 Å². The van der Waals surface area contributed by atoms with Crippen LogP contribution in [0.3, 0.4) is 0 Å². The van der Waals surface area contributed by atoms with Crippen LogP contribution in [0.15, 0.2) is 51.9 Å². The summed E-state index contributed by atoms with van der Waals surface area (Å²) in [6.07, 6.45) is 0. The number of carbonyl (C=O) groups is 1. The number of sulfonamides is 1. The van der Waals surface area contributed by atoms with Crippen LogP contribution in [0.4, 0.5) is 5.69 Å². The standard InChI is InChI=1S/C22H26N4O6S/c1-14(2)26(33(28,29)18-9-7-17(8-10-18)23-15(3)27)13-21-24-22(25-32-21)16-6-11-19(30-4)20(12-16)31-5/h6-12,14H,13H2,1-5H3,(H,23,27). The molecule has 33 heavy (non-hydrogen) atoms. The summed E-state index contributed by atoms with van der Waals surface area (Å²) in [7, 11) is -0.797. The van der Waals surface area contributed by atoms with Crippen molar-refractivity contribution in [3.8, 4) is 22.9 Å². The smallest absolute Gasteiger partial charge is 0.243 e. The third-order valence-corrected chi connectivity index (χ3v) is 6.79. The number of anilines is 1. The van der Waals surface area contributed by atoms with Crippen molar-refractivity contribution >= 4 is 21.6 Å². The van der Waals surface area contributed by atoms with Crippen molar-refractivity contribution in [2.45, 2.75) is 38.3 Å². The minimum absolute atomic E-state index is 0.0879. The van der Waals surface area contributed by atoms with Gasteiger partial charge in [0.1, 0.15) is 0 Å². The van der Waals surface area contributed by atoms with Crippen LogP contribution >= 0.6 is 0 Å². The Morgan fingerprint density at radius 2 is 1.76 bits per heavy atom. The van der Waals surface area contributed by atoms with Crippen molar-refractivity contribution in [2.75, 3.05) is 19.5 Å². The van der Waals surface area contributed by atoms with Crippen LogP contribution in [0.1, 0.15) is 26.7 Å². The predicted octanol–water partition coefficient (Wildman–Crippen LogP) is 3.31. The number of methoxy groups -OCH3 is 2. The van der Waals surface area contributed by atoms with Crippen molar-refractivity contribution in [2.24, 2.45) is 0 Å². The van der Waals surface area contributed by atoms with E-state index < -0.39 is 10.0 Å². The lowest BCUT2D eigenvalue weighted by atomic mass is 10.2. The summed E-state index contributed by atoms with van der Waals surface area (Å²) in [5.41, 5.74) is 1.14. The number of benzene rings is 2. The number of hydrogen-bond acceptors (Lipinski definition) is 8. The maximum Gasteiger partial charge on any atom is 0.243 e. The number of hydrogen-bond donors (Lipinski definition) is 1. The van der Waals surface area contributed by atoms with Gasteiger partial charge in [0.15, 0.2) is 11.5 Å². The van der Waals surface area contributed by atoms with Crippen molar-refractivity contribution in [1.29, 1.82) is 0 Å². The first-order chi connectivity index (χ1) is 15.6. The monoisotopic (exact) mass is 474 g/mol. The fourth-order valence-corrected chi connectivity index (χ4v) is 4.73. The lowest BCUT2D eigenvalue weighted by Crippen LogP contribution is -2.36. The topological polar surface area (TPSA) is 124 Å². The molecule has 0 saturated carbocycles. The maximum atomic E-state index is 13.3. The zero-order valence-electron chi connectivity index (χ0n) is 19.0. The average molecular weight is 475 g/mol. The second-order valence-corrected chi connectivity index (χ2v) is 9.32. The fraction of sp³-hybridized carbons (Fsp3) is 0.318. The molecular formula is C22H26N4O6S. The number of amides is 1. The van der Waals surface area contributed by atoms with Gasteiger partial charge in [-0.2, -0.15) is 9.29 Å². The first kappa shape index (κ1) is 24.2. The fourth-order valence-electron chi connectivity index (χ4n) is 3.14. The zero-order valence-corrected chi connectivity index (χ0v) is 19.8. The Kier molecular flexibility index (Phi) is 7.34. The second-order valence-electron chi connectivity index (χ2n) is 7.43. The Hall–Kier alpha value is -3.44. The van der Waals surface area contributed by atoms with Gasteiger partial charge in [0.05, 0.1) is 25.7 Å². The lowest BCUT2D eigenvalue weighted by Gasteiger charge is -2.24. The molecule has 3 rings (SSSR count). The Morgan fingerprint density at radius 3 is 2.33 bits per heavy atom. The number of ether oxygens (including phenoxy) is 2. The molecule has 0 aliphatic carbocycles. The van der Waals surface area contributed by atoms with Gasteiger partial charge in [0, 0.05) is 24.2 Å². The molecular weight excluding hydrogens is 448 g/mol. The van der Waals surface area contributed by atoms with E-state index in [1.807, 2.05) is 0 Å². The number of aromatic nitrogens is 2. The first-order valence-electron chi connectivity index (χ1n) is 10.1. The van der Waals surface area contributed by atoms with E-state index in [9.17, 15) is 13.2 Å². The highest BCUT2D eigenvalue weighted by molar-refractivity contribution is 7.89. The van der Waals surface area contributed by atoms with E-state index in [2.05, 4.69) is 15.5 Å². The molecule has 0 saturated heterocycles. The van der Waals surface area contributed by atoms with Crippen LogP contribution in [0.5, 0.6) is 11.5 Å². The number of nitrogens with one attached hydrogen (secondary N) is 1. The molecule has 0 unspecified atom stereocenters. The normalized spacial score (nSPS) is 11.6. The van der Waals surface area contributed by atoms with Crippen molar-refractivity contribution in [3.05, 3.63) is 48.4 Å². The van der Waals surface area contributed by atoms with Gasteiger partial charge in [-0.1, -0.05) is 5.16 Å². The molecule has 0 fully saturated rings. The lowest BCUT2D eigenvalue weighted by molar-refractivity contribution is -0.114. The van der Waals surface area contributed by atoms with E-state index >= 15 is 0 Å². The summed E-state index contributed by atoms with van der Waals surface area (Å²) in [4.78, 5) is 15.6. The van der Waals surface area contributed by atoms with Gasteiger partial charge < -0.3 is 19.3 Å². The summed E-state index contributed by atoms with van der Waals surface area (Å²) in [6, 6.07) is 10.8. The molecule has 2 aromatic carbocycles. The second kappa shape index (κ2) is 10.0. The van der Waals surface area contributed by atoms with Crippen LogP contribution in [0.25, 0.3) is 11.4 Å². The van der Waals surface area contributed by atoms with Crippen LogP contribution in [0.2, 0.25) is 0 Å². The summed E-state index contributed by atoms with van der Waals surface area (Å²) < 4.78 is 43.7. The SMILES string of the molecule is COc1ccc(-c2noc(CN(C(C)C)S(=O)(=O)c3ccc(NC(C)=O)cc3)n2)cc1OC. The molecule has 176 valence electrons. The van der Waals surface area contributed by atoms with Crippen LogP contribution < -0.4 is 14.8 Å².